The summed E-state index contributed by atoms with van der Waals surface area (Å²) in [6.07, 6.45) is -0.881. The van der Waals surface area contributed by atoms with Crippen LogP contribution in [-0.2, 0) is 20.9 Å². The minimum atomic E-state index is -0.881. The number of nitrogen functional groups attached to an aromatic ring is 1. The number of benzene rings is 2. The largest absolute Gasteiger partial charge is 0.493 e. The van der Waals surface area contributed by atoms with Crippen molar-refractivity contribution in [1.82, 2.24) is 5.32 Å². The molecule has 2 aromatic carbocycles. The molecule has 0 radical (unpaired) electrons. The Morgan fingerprint density at radius 1 is 1.10 bits per heavy atom. The lowest BCUT2D eigenvalue weighted by molar-refractivity contribution is -0.133. The van der Waals surface area contributed by atoms with Crippen LogP contribution in [0.1, 0.15) is 29.7 Å². The zero-order valence-corrected chi connectivity index (χ0v) is 18.2. The number of carbonyl (C=O) groups excluding carboxylic acids is 2. The van der Waals surface area contributed by atoms with E-state index in [2.05, 4.69) is 5.32 Å². The average molecular weight is 451 g/mol. The van der Waals surface area contributed by atoms with Crippen LogP contribution in [0.3, 0.4) is 0 Å². The van der Waals surface area contributed by atoms with Gasteiger partial charge in [-0.15, -0.1) is 12.4 Å². The predicted octanol–water partition coefficient (Wildman–Crippen LogP) is 1.66. The van der Waals surface area contributed by atoms with Crippen LogP contribution >= 0.6 is 12.4 Å². The molecular formula is C21H27ClN4O5. The summed E-state index contributed by atoms with van der Waals surface area (Å²) in [7, 11) is 1.47. The predicted molar refractivity (Wildman–Crippen MR) is 119 cm³/mol. The molecule has 2 rings (SSSR count). The number of hydrogen-bond donors (Lipinski definition) is 4. The number of nitrogens with one attached hydrogen (secondary N) is 2. The highest BCUT2D eigenvalue weighted by molar-refractivity contribution is 5.94. The highest BCUT2D eigenvalue weighted by atomic mass is 35.5. The van der Waals surface area contributed by atoms with Crippen LogP contribution in [0.2, 0.25) is 0 Å². The van der Waals surface area contributed by atoms with Gasteiger partial charge in [-0.05, 0) is 30.2 Å². The number of halogens is 1. The van der Waals surface area contributed by atoms with Gasteiger partial charge in [0.05, 0.1) is 7.11 Å². The van der Waals surface area contributed by atoms with E-state index in [-0.39, 0.29) is 43.1 Å². The smallest absolute Gasteiger partial charge is 0.255 e. The third-order valence-electron chi connectivity index (χ3n) is 4.16. The number of carbonyl (C=O) groups is 2. The summed E-state index contributed by atoms with van der Waals surface area (Å²) in [4.78, 5) is 23.8. The lowest BCUT2D eigenvalue weighted by atomic mass is 10.1. The molecule has 0 unspecified atom stereocenters. The van der Waals surface area contributed by atoms with E-state index >= 15 is 0 Å². The van der Waals surface area contributed by atoms with Crippen molar-refractivity contribution in [1.29, 1.82) is 5.41 Å². The summed E-state index contributed by atoms with van der Waals surface area (Å²) in [6.45, 7) is 2.06. The van der Waals surface area contributed by atoms with Crippen LogP contribution in [0.4, 0.5) is 0 Å². The maximum Gasteiger partial charge on any atom is 0.255 e. The number of amides is 2. The standard InChI is InChI=1S/C21H26N4O5.ClH/c1-3-29-19(15-8-9-16(28-2)17(10-15)30-12-18(22)26)21(27)25-11-13-4-6-14(7-5-13)20(23)24;/h4-10,19H,3,11-12H2,1-2H3,(H2,22,26)(H3,23,24)(H,25,27);1H/t19-;/m0./s1. The highest BCUT2D eigenvalue weighted by Gasteiger charge is 2.22. The van der Waals surface area contributed by atoms with Crippen LogP contribution in [0.5, 0.6) is 11.5 Å². The second-order valence-electron chi connectivity index (χ2n) is 6.33. The molecule has 0 aliphatic carbocycles. The lowest BCUT2D eigenvalue weighted by Crippen LogP contribution is -2.30. The van der Waals surface area contributed by atoms with E-state index in [0.717, 1.165) is 5.56 Å². The molecule has 6 N–H and O–H groups in total. The van der Waals surface area contributed by atoms with Crippen molar-refractivity contribution in [2.24, 2.45) is 11.5 Å². The molecule has 2 aromatic rings. The lowest BCUT2D eigenvalue weighted by Gasteiger charge is -2.19. The molecule has 168 valence electrons. The minimum Gasteiger partial charge on any atom is -0.493 e. The van der Waals surface area contributed by atoms with E-state index in [1.807, 2.05) is 0 Å². The number of rotatable bonds is 11. The number of nitrogens with two attached hydrogens (primary N) is 2. The number of ether oxygens (including phenoxy) is 3. The Hall–Kier alpha value is -3.30. The van der Waals surface area contributed by atoms with Gasteiger partial charge in [-0.25, -0.2) is 0 Å². The molecule has 0 saturated heterocycles. The number of methoxy groups -OCH3 is 1. The van der Waals surface area contributed by atoms with Gasteiger partial charge in [-0.1, -0.05) is 30.3 Å². The highest BCUT2D eigenvalue weighted by Crippen LogP contribution is 2.31. The summed E-state index contributed by atoms with van der Waals surface area (Å²) < 4.78 is 16.2. The van der Waals surface area contributed by atoms with Crippen molar-refractivity contribution in [2.45, 2.75) is 19.6 Å². The first-order valence-electron chi connectivity index (χ1n) is 9.27. The van der Waals surface area contributed by atoms with Crippen LogP contribution in [-0.4, -0.2) is 38.0 Å². The first kappa shape index (κ1) is 25.7. The molecule has 0 aliphatic rings. The van der Waals surface area contributed by atoms with Gasteiger partial charge in [0.25, 0.3) is 11.8 Å². The van der Waals surface area contributed by atoms with E-state index in [9.17, 15) is 9.59 Å². The van der Waals surface area contributed by atoms with Gasteiger partial charge >= 0.3 is 0 Å². The Bertz CT molecular complexity index is 905. The molecule has 0 aliphatic heterocycles. The maximum absolute atomic E-state index is 12.8. The van der Waals surface area contributed by atoms with Crippen molar-refractivity contribution in [2.75, 3.05) is 20.3 Å². The zero-order valence-electron chi connectivity index (χ0n) is 17.3. The summed E-state index contributed by atoms with van der Waals surface area (Å²) in [5.74, 6) is -0.293. The van der Waals surface area contributed by atoms with Gasteiger partial charge in [0.2, 0.25) is 0 Å². The maximum atomic E-state index is 12.8. The quantitative estimate of drug-likeness (QED) is 0.302. The molecule has 9 nitrogen and oxygen atoms in total. The third-order valence-corrected chi connectivity index (χ3v) is 4.16. The Labute approximate surface area is 187 Å². The van der Waals surface area contributed by atoms with Gasteiger partial charge in [0.1, 0.15) is 5.84 Å². The fourth-order valence-corrected chi connectivity index (χ4v) is 2.69. The second kappa shape index (κ2) is 12.4. The molecule has 2 amide bonds. The molecule has 31 heavy (non-hydrogen) atoms. The molecule has 0 saturated carbocycles. The molecule has 10 heteroatoms. The zero-order chi connectivity index (χ0) is 22.1. The Morgan fingerprint density at radius 2 is 1.77 bits per heavy atom. The van der Waals surface area contributed by atoms with Gasteiger partial charge in [0.15, 0.2) is 24.2 Å². The van der Waals surface area contributed by atoms with Crippen LogP contribution in [0.25, 0.3) is 0 Å². The van der Waals surface area contributed by atoms with Crippen molar-refractivity contribution in [3.63, 3.8) is 0 Å². The molecular weight excluding hydrogens is 424 g/mol. The number of hydrogen-bond acceptors (Lipinski definition) is 6. The first-order chi connectivity index (χ1) is 14.3. The van der Waals surface area contributed by atoms with E-state index in [1.54, 1.807) is 49.4 Å². The molecule has 0 fully saturated rings. The summed E-state index contributed by atoms with van der Waals surface area (Å²) in [6, 6.07) is 11.9. The second-order valence-corrected chi connectivity index (χ2v) is 6.33. The van der Waals surface area contributed by atoms with Crippen molar-refractivity contribution in [3.8, 4) is 11.5 Å². The van der Waals surface area contributed by atoms with E-state index in [1.165, 1.54) is 7.11 Å². The van der Waals surface area contributed by atoms with Crippen molar-refractivity contribution < 1.29 is 23.8 Å². The summed E-state index contributed by atoms with van der Waals surface area (Å²) >= 11 is 0. The Morgan fingerprint density at radius 3 is 2.32 bits per heavy atom. The molecule has 0 heterocycles. The molecule has 1 atom stereocenters. The van der Waals surface area contributed by atoms with Gasteiger partial charge in [-0.2, -0.15) is 0 Å². The Kier molecular flexibility index (Phi) is 10.3. The fraction of sp³-hybridized carbons (Fsp3) is 0.286. The minimum absolute atomic E-state index is 0. The summed E-state index contributed by atoms with van der Waals surface area (Å²) in [5.41, 5.74) is 12.6. The van der Waals surface area contributed by atoms with Crippen LogP contribution in [0.15, 0.2) is 42.5 Å². The monoisotopic (exact) mass is 450 g/mol. The van der Waals surface area contributed by atoms with E-state index in [4.69, 9.17) is 31.1 Å². The van der Waals surface area contributed by atoms with E-state index < -0.39 is 12.0 Å². The number of amidine groups is 1. The fourth-order valence-electron chi connectivity index (χ4n) is 2.69. The van der Waals surface area contributed by atoms with Crippen molar-refractivity contribution in [3.05, 3.63) is 59.2 Å². The summed E-state index contributed by atoms with van der Waals surface area (Å²) in [5, 5.41) is 10.3. The average Bonchev–Trinajstić information content (AvgIpc) is 2.74. The number of primary amides is 1. The Balaban J connectivity index is 0.00000480. The van der Waals surface area contributed by atoms with Crippen LogP contribution < -0.4 is 26.3 Å². The van der Waals surface area contributed by atoms with Gasteiger partial charge in [0, 0.05) is 18.7 Å². The molecule has 0 aromatic heterocycles. The third kappa shape index (κ3) is 7.47. The normalized spacial score (nSPS) is 11.0. The SMILES string of the molecule is CCO[C@H](C(=O)NCc1ccc(C(=N)N)cc1)c1ccc(OC)c(OCC(N)=O)c1.Cl. The topological polar surface area (TPSA) is 150 Å². The molecule has 0 spiro atoms. The van der Waals surface area contributed by atoms with Gasteiger partial charge in [-0.3, -0.25) is 15.0 Å². The van der Waals surface area contributed by atoms with E-state index in [0.29, 0.717) is 23.5 Å². The van der Waals surface area contributed by atoms with Crippen LogP contribution in [0, 0.1) is 5.41 Å². The first-order valence-corrected chi connectivity index (χ1v) is 9.27. The van der Waals surface area contributed by atoms with Crippen molar-refractivity contribution >= 4 is 30.1 Å². The molecule has 0 bridgehead atoms. The van der Waals surface area contributed by atoms with Gasteiger partial charge < -0.3 is 31.0 Å².